The first-order valence-corrected chi connectivity index (χ1v) is 11.7. The highest BCUT2D eigenvalue weighted by Crippen LogP contribution is 2.43. The summed E-state index contributed by atoms with van der Waals surface area (Å²) in [4.78, 5) is 31.9. The van der Waals surface area contributed by atoms with Crippen LogP contribution in [0.5, 0.6) is 0 Å². The van der Waals surface area contributed by atoms with E-state index in [2.05, 4.69) is 16.8 Å². The van der Waals surface area contributed by atoms with E-state index in [1.807, 2.05) is 45.2 Å². The van der Waals surface area contributed by atoms with Crippen molar-refractivity contribution in [1.82, 2.24) is 14.8 Å². The number of β-amino-alcohol motifs (C(OH)–C–C–N with tert-alkyl or cyclic N) is 1. The molecule has 174 valence electrons. The number of H-pyrrole nitrogens is 1. The second-order valence-electron chi connectivity index (χ2n) is 10.3. The van der Waals surface area contributed by atoms with Gasteiger partial charge in [0.1, 0.15) is 5.60 Å². The second-order valence-corrected chi connectivity index (χ2v) is 10.3. The van der Waals surface area contributed by atoms with E-state index in [0.29, 0.717) is 30.9 Å². The number of ether oxygens (including phenoxy) is 1. The van der Waals surface area contributed by atoms with Gasteiger partial charge >= 0.3 is 6.09 Å². The molecule has 1 amide bonds. The topological polar surface area (TPSA) is 85.9 Å². The summed E-state index contributed by atoms with van der Waals surface area (Å²) in [5, 5.41) is 12.8. The van der Waals surface area contributed by atoms with Crippen LogP contribution in [0, 0.1) is 0 Å². The van der Waals surface area contributed by atoms with Gasteiger partial charge in [0.25, 0.3) is 5.56 Å². The van der Waals surface area contributed by atoms with Gasteiger partial charge in [-0.1, -0.05) is 12.1 Å². The lowest BCUT2D eigenvalue weighted by Gasteiger charge is -2.31. The molecule has 2 heterocycles. The van der Waals surface area contributed by atoms with Crippen molar-refractivity contribution in [2.24, 2.45) is 0 Å². The van der Waals surface area contributed by atoms with Crippen LogP contribution in [0.2, 0.25) is 0 Å². The Bertz CT molecular complexity index is 1040. The molecule has 1 saturated carbocycles. The molecule has 0 radical (unpaired) electrons. The van der Waals surface area contributed by atoms with Gasteiger partial charge in [-0.05, 0) is 75.5 Å². The summed E-state index contributed by atoms with van der Waals surface area (Å²) in [6, 6.07) is 5.71. The zero-order valence-electron chi connectivity index (χ0n) is 19.6. The van der Waals surface area contributed by atoms with Gasteiger partial charge in [0.15, 0.2) is 0 Å². The maximum Gasteiger partial charge on any atom is 0.410 e. The Kier molecular flexibility index (Phi) is 6.32. The predicted molar refractivity (Wildman–Crippen MR) is 125 cm³/mol. The number of rotatable bonds is 4. The monoisotopic (exact) mass is 441 g/mol. The van der Waals surface area contributed by atoms with Gasteiger partial charge in [-0.25, -0.2) is 4.79 Å². The number of aromatic nitrogens is 1. The Morgan fingerprint density at radius 2 is 2.03 bits per heavy atom. The standard InChI is InChI=1S/C25H35N3O4/c1-16-14-28(24(31)32-25(2,3)4)12-6-11-27(16)15-21(29)18-7-5-8-19-22(18)20(17-9-10-17)13-26-23(19)30/h5,7-8,13,16-17,21,29H,6,9-12,14-15H2,1-4H3,(H,26,30)/t16-,21?/m1/s1. The SMILES string of the molecule is C[C@@H]1CN(C(=O)OC(C)(C)C)CCCN1CC(O)c1cccc2c(=O)[nH]cc(C3CC3)c12. The molecule has 1 aromatic carbocycles. The van der Waals surface area contributed by atoms with Crippen LogP contribution in [0.25, 0.3) is 10.8 Å². The second kappa shape index (κ2) is 8.87. The van der Waals surface area contributed by atoms with Crippen LogP contribution >= 0.6 is 0 Å². The van der Waals surface area contributed by atoms with Crippen molar-refractivity contribution in [3.8, 4) is 0 Å². The number of hydrogen-bond acceptors (Lipinski definition) is 5. The summed E-state index contributed by atoms with van der Waals surface area (Å²) in [7, 11) is 0. The van der Waals surface area contributed by atoms with E-state index in [9.17, 15) is 14.7 Å². The third-order valence-electron chi connectivity index (χ3n) is 6.41. The van der Waals surface area contributed by atoms with Crippen molar-refractivity contribution in [2.45, 2.75) is 70.6 Å². The highest BCUT2D eigenvalue weighted by Gasteiger charge is 2.31. The molecule has 7 heteroatoms. The van der Waals surface area contributed by atoms with Crippen LogP contribution in [0.1, 0.15) is 70.1 Å². The number of hydrogen-bond donors (Lipinski definition) is 2. The normalized spacial score (nSPS) is 21.4. The van der Waals surface area contributed by atoms with E-state index in [4.69, 9.17) is 4.74 Å². The first-order chi connectivity index (χ1) is 15.1. The zero-order chi connectivity index (χ0) is 23.0. The maximum absolute atomic E-state index is 12.6. The van der Waals surface area contributed by atoms with Gasteiger partial charge in [0.2, 0.25) is 0 Å². The molecule has 1 saturated heterocycles. The number of carbonyl (C=O) groups is 1. The van der Waals surface area contributed by atoms with E-state index < -0.39 is 11.7 Å². The van der Waals surface area contributed by atoms with Gasteiger partial charge in [-0.15, -0.1) is 0 Å². The molecule has 32 heavy (non-hydrogen) atoms. The lowest BCUT2D eigenvalue weighted by atomic mass is 9.95. The van der Waals surface area contributed by atoms with Crippen LogP contribution < -0.4 is 5.56 Å². The fourth-order valence-corrected chi connectivity index (χ4v) is 4.66. The highest BCUT2D eigenvalue weighted by molar-refractivity contribution is 5.89. The molecule has 1 aliphatic heterocycles. The number of fused-ring (bicyclic) bond motifs is 1. The molecule has 0 bridgehead atoms. The average Bonchev–Trinajstić information content (AvgIpc) is 3.56. The number of pyridine rings is 1. The van der Waals surface area contributed by atoms with Crippen LogP contribution in [-0.2, 0) is 4.74 Å². The Labute approximate surface area is 189 Å². The number of carbonyl (C=O) groups excluding carboxylic acids is 1. The number of aromatic amines is 1. The summed E-state index contributed by atoms with van der Waals surface area (Å²) >= 11 is 0. The first-order valence-electron chi connectivity index (χ1n) is 11.7. The molecule has 0 spiro atoms. The van der Waals surface area contributed by atoms with Gasteiger partial charge in [-0.2, -0.15) is 0 Å². The van der Waals surface area contributed by atoms with E-state index >= 15 is 0 Å². The molecule has 2 aromatic rings. The van der Waals surface area contributed by atoms with Crippen molar-refractivity contribution in [3.63, 3.8) is 0 Å². The van der Waals surface area contributed by atoms with Gasteiger partial charge < -0.3 is 19.7 Å². The third kappa shape index (κ3) is 4.99. The van der Waals surface area contributed by atoms with Crippen LogP contribution in [-0.4, -0.2) is 63.8 Å². The molecular weight excluding hydrogens is 406 g/mol. The first kappa shape index (κ1) is 22.8. The van der Waals surface area contributed by atoms with Crippen molar-refractivity contribution >= 4 is 16.9 Å². The smallest absolute Gasteiger partial charge is 0.410 e. The predicted octanol–water partition coefficient (Wildman–Crippen LogP) is 3.77. The summed E-state index contributed by atoms with van der Waals surface area (Å²) in [5.74, 6) is 0.460. The molecule has 1 aliphatic carbocycles. The minimum atomic E-state index is -0.714. The van der Waals surface area contributed by atoms with Crippen molar-refractivity contribution in [2.75, 3.05) is 26.2 Å². The lowest BCUT2D eigenvalue weighted by molar-refractivity contribution is 0.0226. The van der Waals surface area contributed by atoms with E-state index in [-0.39, 0.29) is 17.7 Å². The largest absolute Gasteiger partial charge is 0.444 e. The molecule has 2 atom stereocenters. The molecule has 7 nitrogen and oxygen atoms in total. The van der Waals surface area contributed by atoms with Crippen LogP contribution in [0.15, 0.2) is 29.2 Å². The minimum Gasteiger partial charge on any atom is -0.444 e. The summed E-state index contributed by atoms with van der Waals surface area (Å²) in [6.07, 6.45) is 3.89. The number of amides is 1. The van der Waals surface area contributed by atoms with Crippen LogP contribution in [0.3, 0.4) is 0 Å². The number of benzene rings is 1. The Balaban J connectivity index is 1.53. The van der Waals surface area contributed by atoms with Crippen molar-refractivity contribution in [1.29, 1.82) is 0 Å². The molecular formula is C25H35N3O4. The summed E-state index contributed by atoms with van der Waals surface area (Å²) in [6.45, 7) is 10.2. The Hall–Kier alpha value is -2.38. The summed E-state index contributed by atoms with van der Waals surface area (Å²) in [5.41, 5.74) is 1.31. The molecule has 2 fully saturated rings. The molecule has 1 unspecified atom stereocenters. The molecule has 4 rings (SSSR count). The Morgan fingerprint density at radius 3 is 2.72 bits per heavy atom. The molecule has 1 aromatic heterocycles. The van der Waals surface area contributed by atoms with E-state index in [0.717, 1.165) is 42.3 Å². The fraction of sp³-hybridized carbons (Fsp3) is 0.600. The van der Waals surface area contributed by atoms with Crippen molar-refractivity contribution in [3.05, 3.63) is 45.9 Å². The minimum absolute atomic E-state index is 0.0842. The number of nitrogens with one attached hydrogen (secondary N) is 1. The van der Waals surface area contributed by atoms with E-state index in [1.54, 1.807) is 4.90 Å². The van der Waals surface area contributed by atoms with Gasteiger partial charge in [0, 0.05) is 43.8 Å². The van der Waals surface area contributed by atoms with E-state index in [1.165, 1.54) is 0 Å². The molecule has 2 aliphatic rings. The molecule has 2 N–H and O–H groups in total. The van der Waals surface area contributed by atoms with Crippen LogP contribution in [0.4, 0.5) is 4.79 Å². The van der Waals surface area contributed by atoms with Gasteiger partial charge in [0.05, 0.1) is 6.10 Å². The highest BCUT2D eigenvalue weighted by atomic mass is 16.6. The lowest BCUT2D eigenvalue weighted by Crippen LogP contribution is -2.44. The van der Waals surface area contributed by atoms with Gasteiger partial charge in [-0.3, -0.25) is 9.69 Å². The average molecular weight is 442 g/mol. The van der Waals surface area contributed by atoms with Crippen molar-refractivity contribution < 1.29 is 14.6 Å². The third-order valence-corrected chi connectivity index (χ3v) is 6.41. The summed E-state index contributed by atoms with van der Waals surface area (Å²) < 4.78 is 5.55. The number of nitrogens with zero attached hydrogens (tertiary/aromatic N) is 2. The Morgan fingerprint density at radius 1 is 1.28 bits per heavy atom. The number of aliphatic hydroxyl groups is 1. The number of aliphatic hydroxyl groups excluding tert-OH is 1. The quantitative estimate of drug-likeness (QED) is 0.754. The maximum atomic E-state index is 12.6. The zero-order valence-corrected chi connectivity index (χ0v) is 19.6. The fourth-order valence-electron chi connectivity index (χ4n) is 4.66.